The Labute approximate surface area is 120 Å². The third-order valence-corrected chi connectivity index (χ3v) is 5.86. The zero-order valence-corrected chi connectivity index (χ0v) is 12.7. The first-order chi connectivity index (χ1) is 9.45. The molecule has 0 amide bonds. The normalized spacial score (nSPS) is 26.9. The molecule has 3 atom stereocenters. The molecule has 0 saturated heterocycles. The minimum atomic E-state index is -3.63. The monoisotopic (exact) mass is 292 g/mol. The molecule has 1 aliphatic carbocycles. The first kappa shape index (κ1) is 15.0. The first-order valence-corrected chi connectivity index (χ1v) is 8.45. The molecule has 0 aromatic heterocycles. The van der Waals surface area contributed by atoms with Crippen LogP contribution in [0.1, 0.15) is 38.7 Å². The predicted molar refractivity (Wildman–Crippen MR) is 77.4 cm³/mol. The fraction of sp³-hybridized carbons (Fsp3) is 0.533. The van der Waals surface area contributed by atoms with Gasteiger partial charge < -0.3 is 0 Å². The van der Waals surface area contributed by atoms with Gasteiger partial charge in [0.05, 0.1) is 10.5 Å². The molecule has 1 N–H and O–H groups in total. The maximum absolute atomic E-state index is 12.5. The quantitative estimate of drug-likeness (QED) is 0.931. The number of nitrogens with one attached hydrogen (secondary N) is 1. The van der Waals surface area contributed by atoms with E-state index in [1.54, 1.807) is 12.1 Å². The van der Waals surface area contributed by atoms with E-state index in [1.807, 2.05) is 6.07 Å². The number of benzene rings is 1. The Balaban J connectivity index is 2.26. The lowest BCUT2D eigenvalue weighted by molar-refractivity contribution is 0.227. The second-order valence-electron chi connectivity index (χ2n) is 5.60. The average molecular weight is 292 g/mol. The van der Waals surface area contributed by atoms with Crippen molar-refractivity contribution in [1.29, 1.82) is 5.26 Å². The van der Waals surface area contributed by atoms with Crippen LogP contribution >= 0.6 is 0 Å². The van der Waals surface area contributed by atoms with Crippen molar-refractivity contribution in [2.24, 2.45) is 11.8 Å². The van der Waals surface area contributed by atoms with Crippen LogP contribution in [-0.2, 0) is 10.0 Å². The molecule has 0 unspecified atom stereocenters. The summed E-state index contributed by atoms with van der Waals surface area (Å²) < 4.78 is 27.7. The van der Waals surface area contributed by atoms with Gasteiger partial charge in [-0.05, 0) is 30.4 Å². The van der Waals surface area contributed by atoms with Gasteiger partial charge in [-0.2, -0.15) is 5.26 Å². The Bertz CT molecular complexity index is 619. The Morgan fingerprint density at radius 2 is 1.95 bits per heavy atom. The summed E-state index contributed by atoms with van der Waals surface area (Å²) in [5.41, 5.74) is 0.191. The maximum Gasteiger partial charge on any atom is 0.242 e. The van der Waals surface area contributed by atoms with E-state index in [4.69, 9.17) is 5.26 Å². The SMILES string of the molecule is C[C@H]1[C@@H](NS(=O)(=O)c2ccccc2C#N)CCC[C@@H]1C. The van der Waals surface area contributed by atoms with Crippen molar-refractivity contribution < 1.29 is 8.42 Å². The lowest BCUT2D eigenvalue weighted by Gasteiger charge is -2.34. The van der Waals surface area contributed by atoms with Crippen LogP contribution in [0.4, 0.5) is 0 Å². The van der Waals surface area contributed by atoms with Crippen LogP contribution in [0, 0.1) is 23.2 Å². The molecule has 0 radical (unpaired) electrons. The number of sulfonamides is 1. The molecule has 20 heavy (non-hydrogen) atoms. The van der Waals surface area contributed by atoms with E-state index in [0.717, 1.165) is 19.3 Å². The highest BCUT2D eigenvalue weighted by atomic mass is 32.2. The van der Waals surface area contributed by atoms with Crippen LogP contribution in [0.5, 0.6) is 0 Å². The van der Waals surface area contributed by atoms with Crippen LogP contribution in [0.15, 0.2) is 29.2 Å². The van der Waals surface area contributed by atoms with Gasteiger partial charge in [-0.15, -0.1) is 0 Å². The van der Waals surface area contributed by atoms with E-state index in [1.165, 1.54) is 12.1 Å². The van der Waals surface area contributed by atoms with Gasteiger partial charge in [0.25, 0.3) is 0 Å². The Hall–Kier alpha value is -1.38. The van der Waals surface area contributed by atoms with Crippen molar-refractivity contribution in [2.75, 3.05) is 0 Å². The predicted octanol–water partition coefficient (Wildman–Crippen LogP) is 2.66. The topological polar surface area (TPSA) is 70.0 Å². The summed E-state index contributed by atoms with van der Waals surface area (Å²) in [6.45, 7) is 4.25. The fourth-order valence-electron chi connectivity index (χ4n) is 2.80. The number of nitriles is 1. The molecule has 5 heteroatoms. The molecule has 1 saturated carbocycles. The summed E-state index contributed by atoms with van der Waals surface area (Å²) in [7, 11) is -3.63. The van der Waals surface area contributed by atoms with Crippen molar-refractivity contribution in [3.63, 3.8) is 0 Å². The van der Waals surface area contributed by atoms with Gasteiger partial charge in [0.15, 0.2) is 0 Å². The van der Waals surface area contributed by atoms with Gasteiger partial charge in [-0.3, -0.25) is 0 Å². The average Bonchev–Trinajstić information content (AvgIpc) is 2.43. The molecule has 0 aliphatic heterocycles. The molecule has 1 aromatic carbocycles. The van der Waals surface area contributed by atoms with Crippen LogP contribution in [0.3, 0.4) is 0 Å². The molecule has 1 aliphatic rings. The first-order valence-electron chi connectivity index (χ1n) is 6.97. The maximum atomic E-state index is 12.5. The van der Waals surface area contributed by atoms with Crippen molar-refractivity contribution in [1.82, 2.24) is 4.72 Å². The highest BCUT2D eigenvalue weighted by Gasteiger charge is 2.31. The smallest absolute Gasteiger partial charge is 0.208 e. The highest BCUT2D eigenvalue weighted by molar-refractivity contribution is 7.89. The molecular weight excluding hydrogens is 272 g/mol. The molecule has 0 heterocycles. The van der Waals surface area contributed by atoms with Crippen LogP contribution in [0.2, 0.25) is 0 Å². The minimum Gasteiger partial charge on any atom is -0.208 e. The van der Waals surface area contributed by atoms with Crippen LogP contribution in [0.25, 0.3) is 0 Å². The van der Waals surface area contributed by atoms with Crippen molar-refractivity contribution >= 4 is 10.0 Å². The second-order valence-corrected chi connectivity index (χ2v) is 7.29. The molecule has 2 rings (SSSR count). The minimum absolute atomic E-state index is 0.0458. The van der Waals surface area contributed by atoms with Gasteiger partial charge in [0.1, 0.15) is 6.07 Å². The zero-order chi connectivity index (χ0) is 14.8. The Kier molecular flexibility index (Phi) is 4.46. The van der Waals surface area contributed by atoms with E-state index < -0.39 is 10.0 Å². The van der Waals surface area contributed by atoms with E-state index in [2.05, 4.69) is 18.6 Å². The number of nitrogens with zero attached hydrogens (tertiary/aromatic N) is 1. The summed E-state index contributed by atoms with van der Waals surface area (Å²) in [4.78, 5) is 0.0768. The lowest BCUT2D eigenvalue weighted by Crippen LogP contribution is -2.43. The number of hydrogen-bond donors (Lipinski definition) is 1. The Morgan fingerprint density at radius 1 is 1.25 bits per heavy atom. The molecule has 1 aromatic rings. The van der Waals surface area contributed by atoms with Crippen molar-refractivity contribution in [3.8, 4) is 6.07 Å². The summed E-state index contributed by atoms with van der Waals surface area (Å²) in [6, 6.07) is 8.22. The molecule has 108 valence electrons. The molecular formula is C15H20N2O2S. The lowest BCUT2D eigenvalue weighted by atomic mass is 9.78. The van der Waals surface area contributed by atoms with Crippen molar-refractivity contribution in [2.45, 2.75) is 44.0 Å². The molecule has 4 nitrogen and oxygen atoms in total. The van der Waals surface area contributed by atoms with Gasteiger partial charge in [0.2, 0.25) is 10.0 Å². The van der Waals surface area contributed by atoms with Crippen LogP contribution < -0.4 is 4.72 Å². The van der Waals surface area contributed by atoms with Gasteiger partial charge >= 0.3 is 0 Å². The van der Waals surface area contributed by atoms with E-state index in [0.29, 0.717) is 11.8 Å². The Morgan fingerprint density at radius 3 is 2.65 bits per heavy atom. The van der Waals surface area contributed by atoms with Gasteiger partial charge in [-0.25, -0.2) is 13.1 Å². The summed E-state index contributed by atoms with van der Waals surface area (Å²) >= 11 is 0. The molecule has 1 fully saturated rings. The summed E-state index contributed by atoms with van der Waals surface area (Å²) in [6.07, 6.45) is 3.05. The fourth-order valence-corrected chi connectivity index (χ4v) is 4.32. The van der Waals surface area contributed by atoms with E-state index in [-0.39, 0.29) is 16.5 Å². The zero-order valence-electron chi connectivity index (χ0n) is 11.8. The molecule has 0 bridgehead atoms. The van der Waals surface area contributed by atoms with E-state index in [9.17, 15) is 8.42 Å². The van der Waals surface area contributed by atoms with Gasteiger partial charge in [-0.1, -0.05) is 38.8 Å². The molecule has 0 spiro atoms. The number of hydrogen-bond acceptors (Lipinski definition) is 3. The summed E-state index contributed by atoms with van der Waals surface area (Å²) in [5.74, 6) is 0.829. The largest absolute Gasteiger partial charge is 0.242 e. The number of rotatable bonds is 3. The van der Waals surface area contributed by atoms with Crippen LogP contribution in [-0.4, -0.2) is 14.5 Å². The third kappa shape index (κ3) is 3.02. The van der Waals surface area contributed by atoms with E-state index >= 15 is 0 Å². The summed E-state index contributed by atoms with van der Waals surface area (Å²) in [5, 5.41) is 9.04. The standard InChI is InChI=1S/C15H20N2O2S/c1-11-6-5-8-14(12(11)2)17-20(18,19)15-9-4-3-7-13(15)10-16/h3-4,7,9,11-12,14,17H,5-6,8H2,1-2H3/t11-,12+,14-/m0/s1. The highest BCUT2D eigenvalue weighted by Crippen LogP contribution is 2.30. The third-order valence-electron chi connectivity index (χ3n) is 4.31. The second kappa shape index (κ2) is 5.94. The van der Waals surface area contributed by atoms with Crippen molar-refractivity contribution in [3.05, 3.63) is 29.8 Å². The van der Waals surface area contributed by atoms with Gasteiger partial charge in [0, 0.05) is 6.04 Å².